The van der Waals surface area contributed by atoms with Gasteiger partial charge >= 0.3 is 0 Å². The molecule has 1 aliphatic carbocycles. The minimum absolute atomic E-state index is 0.231. The summed E-state index contributed by atoms with van der Waals surface area (Å²) >= 11 is 0. The molecule has 6 heteroatoms. The third kappa shape index (κ3) is 2.88. The average Bonchev–Trinajstić information content (AvgIpc) is 3.23. The highest BCUT2D eigenvalue weighted by molar-refractivity contribution is 5.81. The fourth-order valence-electron chi connectivity index (χ4n) is 3.10. The SMILES string of the molecule is Nc1ncnc2c1ncn2[C@@H]1C=C[C@H](COCc2ccccc2)C1. The number of anilines is 1. The molecular weight excluding hydrogens is 302 g/mol. The van der Waals surface area contributed by atoms with Crippen LogP contribution in [0.15, 0.2) is 55.1 Å². The van der Waals surface area contributed by atoms with E-state index in [4.69, 9.17) is 10.5 Å². The maximum atomic E-state index is 5.85. The molecule has 1 aliphatic rings. The highest BCUT2D eigenvalue weighted by atomic mass is 16.5. The first-order chi connectivity index (χ1) is 11.8. The Labute approximate surface area is 140 Å². The number of imidazole rings is 1. The van der Waals surface area contributed by atoms with Crippen molar-refractivity contribution in [3.05, 3.63) is 60.7 Å². The number of hydrogen-bond acceptors (Lipinski definition) is 5. The summed E-state index contributed by atoms with van der Waals surface area (Å²) < 4.78 is 7.91. The number of benzene rings is 1. The first kappa shape index (κ1) is 14.8. The molecule has 0 fully saturated rings. The van der Waals surface area contributed by atoms with Crippen LogP contribution in [-0.4, -0.2) is 26.1 Å². The van der Waals surface area contributed by atoms with Gasteiger partial charge in [-0.1, -0.05) is 42.5 Å². The van der Waals surface area contributed by atoms with Gasteiger partial charge in [0, 0.05) is 5.92 Å². The van der Waals surface area contributed by atoms with Gasteiger partial charge in [-0.15, -0.1) is 0 Å². The van der Waals surface area contributed by atoms with E-state index in [-0.39, 0.29) is 6.04 Å². The molecule has 0 bridgehead atoms. The van der Waals surface area contributed by atoms with Gasteiger partial charge in [-0.2, -0.15) is 0 Å². The van der Waals surface area contributed by atoms with Crippen LogP contribution in [0.1, 0.15) is 18.0 Å². The van der Waals surface area contributed by atoms with Gasteiger partial charge in [-0.25, -0.2) is 15.0 Å². The second-order valence-corrected chi connectivity index (χ2v) is 6.03. The van der Waals surface area contributed by atoms with Crippen molar-refractivity contribution in [2.24, 2.45) is 5.92 Å². The van der Waals surface area contributed by atoms with Gasteiger partial charge in [0.25, 0.3) is 0 Å². The van der Waals surface area contributed by atoms with E-state index in [2.05, 4.69) is 43.8 Å². The van der Waals surface area contributed by atoms with Crippen LogP contribution in [0.25, 0.3) is 11.2 Å². The van der Waals surface area contributed by atoms with E-state index in [0.29, 0.717) is 30.5 Å². The molecule has 0 radical (unpaired) electrons. The van der Waals surface area contributed by atoms with Crippen molar-refractivity contribution in [2.45, 2.75) is 19.1 Å². The molecule has 0 amide bonds. The van der Waals surface area contributed by atoms with Gasteiger partial charge in [0.1, 0.15) is 11.8 Å². The van der Waals surface area contributed by atoms with Crippen molar-refractivity contribution in [3.8, 4) is 0 Å². The van der Waals surface area contributed by atoms with E-state index in [0.717, 1.165) is 12.1 Å². The van der Waals surface area contributed by atoms with Crippen molar-refractivity contribution < 1.29 is 4.74 Å². The van der Waals surface area contributed by atoms with Crippen LogP contribution in [0.2, 0.25) is 0 Å². The first-order valence-corrected chi connectivity index (χ1v) is 8.04. The molecule has 0 unspecified atom stereocenters. The van der Waals surface area contributed by atoms with Crippen LogP contribution in [-0.2, 0) is 11.3 Å². The number of ether oxygens (including phenoxy) is 1. The van der Waals surface area contributed by atoms with Crippen LogP contribution in [0.5, 0.6) is 0 Å². The third-order valence-electron chi connectivity index (χ3n) is 4.34. The Bertz CT molecular complexity index is 858. The normalized spacial score (nSPS) is 20.0. The summed E-state index contributed by atoms with van der Waals surface area (Å²) in [5, 5.41) is 0. The Balaban J connectivity index is 1.38. The van der Waals surface area contributed by atoms with Crippen LogP contribution in [0.4, 0.5) is 5.82 Å². The number of rotatable bonds is 5. The number of nitrogens with zero attached hydrogens (tertiary/aromatic N) is 4. The van der Waals surface area contributed by atoms with E-state index >= 15 is 0 Å². The van der Waals surface area contributed by atoms with Crippen molar-refractivity contribution in [1.29, 1.82) is 0 Å². The molecule has 122 valence electrons. The molecule has 2 heterocycles. The Kier molecular flexibility index (Phi) is 3.96. The molecule has 0 spiro atoms. The molecule has 0 saturated heterocycles. The lowest BCUT2D eigenvalue weighted by Gasteiger charge is -2.14. The van der Waals surface area contributed by atoms with Crippen LogP contribution in [0.3, 0.4) is 0 Å². The fraction of sp³-hybridized carbons (Fsp3) is 0.278. The summed E-state index contributed by atoms with van der Waals surface area (Å²) in [7, 11) is 0. The topological polar surface area (TPSA) is 78.9 Å². The number of hydrogen-bond donors (Lipinski definition) is 1. The average molecular weight is 321 g/mol. The Morgan fingerprint density at radius 2 is 2.00 bits per heavy atom. The van der Waals surface area contributed by atoms with Gasteiger partial charge in [0.2, 0.25) is 0 Å². The molecule has 3 aromatic rings. The molecule has 6 nitrogen and oxygen atoms in total. The lowest BCUT2D eigenvalue weighted by Crippen LogP contribution is -2.10. The summed E-state index contributed by atoms with van der Waals surface area (Å²) in [5.74, 6) is 0.818. The molecule has 4 rings (SSSR count). The second kappa shape index (κ2) is 6.41. The summed E-state index contributed by atoms with van der Waals surface area (Å²) in [6.07, 6.45) is 8.65. The minimum atomic E-state index is 0.231. The zero-order valence-electron chi connectivity index (χ0n) is 13.2. The molecular formula is C18H19N5O. The third-order valence-corrected chi connectivity index (χ3v) is 4.34. The van der Waals surface area contributed by atoms with Gasteiger partial charge in [0.05, 0.1) is 25.6 Å². The van der Waals surface area contributed by atoms with E-state index in [9.17, 15) is 0 Å². The van der Waals surface area contributed by atoms with E-state index < -0.39 is 0 Å². The maximum absolute atomic E-state index is 5.85. The zero-order valence-corrected chi connectivity index (χ0v) is 13.2. The van der Waals surface area contributed by atoms with E-state index in [1.807, 2.05) is 18.2 Å². The molecule has 1 aromatic carbocycles. The Morgan fingerprint density at radius 1 is 1.12 bits per heavy atom. The molecule has 2 N–H and O–H groups in total. The lowest BCUT2D eigenvalue weighted by atomic mass is 10.1. The summed E-state index contributed by atoms with van der Waals surface area (Å²) in [4.78, 5) is 12.6. The fourth-order valence-corrected chi connectivity index (χ4v) is 3.10. The van der Waals surface area contributed by atoms with Crippen molar-refractivity contribution in [2.75, 3.05) is 12.3 Å². The predicted molar refractivity (Wildman–Crippen MR) is 92.1 cm³/mol. The highest BCUT2D eigenvalue weighted by Gasteiger charge is 2.22. The van der Waals surface area contributed by atoms with Crippen LogP contribution >= 0.6 is 0 Å². The highest BCUT2D eigenvalue weighted by Crippen LogP contribution is 2.30. The zero-order chi connectivity index (χ0) is 16.4. The number of nitrogens with two attached hydrogens (primary N) is 1. The summed E-state index contributed by atoms with van der Waals surface area (Å²) in [6, 6.07) is 10.5. The first-order valence-electron chi connectivity index (χ1n) is 8.04. The molecule has 0 saturated carbocycles. The number of allylic oxidation sites excluding steroid dienone is 1. The van der Waals surface area contributed by atoms with Gasteiger partial charge in [0.15, 0.2) is 11.5 Å². The molecule has 24 heavy (non-hydrogen) atoms. The van der Waals surface area contributed by atoms with E-state index in [1.54, 1.807) is 6.33 Å². The van der Waals surface area contributed by atoms with Gasteiger partial charge in [-0.3, -0.25) is 0 Å². The monoisotopic (exact) mass is 321 g/mol. The van der Waals surface area contributed by atoms with Gasteiger partial charge < -0.3 is 15.0 Å². The quantitative estimate of drug-likeness (QED) is 0.731. The number of nitrogen functional groups attached to an aromatic ring is 1. The summed E-state index contributed by atoms with van der Waals surface area (Å²) in [6.45, 7) is 1.36. The lowest BCUT2D eigenvalue weighted by molar-refractivity contribution is 0.0974. The van der Waals surface area contributed by atoms with Crippen LogP contribution in [0, 0.1) is 5.92 Å². The van der Waals surface area contributed by atoms with Crippen molar-refractivity contribution in [3.63, 3.8) is 0 Å². The minimum Gasteiger partial charge on any atom is -0.382 e. The molecule has 0 aliphatic heterocycles. The smallest absolute Gasteiger partial charge is 0.165 e. The van der Waals surface area contributed by atoms with Crippen molar-refractivity contribution in [1.82, 2.24) is 19.5 Å². The maximum Gasteiger partial charge on any atom is 0.165 e. The van der Waals surface area contributed by atoms with Gasteiger partial charge in [-0.05, 0) is 12.0 Å². The second-order valence-electron chi connectivity index (χ2n) is 6.03. The molecule has 2 atom stereocenters. The Hall–Kier alpha value is -2.73. The molecule has 2 aromatic heterocycles. The number of fused-ring (bicyclic) bond motifs is 1. The largest absolute Gasteiger partial charge is 0.382 e. The number of aromatic nitrogens is 4. The Morgan fingerprint density at radius 3 is 2.88 bits per heavy atom. The predicted octanol–water partition coefficient (Wildman–Crippen LogP) is 2.74. The van der Waals surface area contributed by atoms with Crippen LogP contribution < -0.4 is 5.73 Å². The van der Waals surface area contributed by atoms with Crippen molar-refractivity contribution >= 4 is 17.0 Å². The van der Waals surface area contributed by atoms with E-state index in [1.165, 1.54) is 11.9 Å². The summed E-state index contributed by atoms with van der Waals surface area (Å²) in [5.41, 5.74) is 8.49. The standard InChI is InChI=1S/C18H19N5O/c19-17-16-18(21-11-20-17)23(12-22-16)15-7-6-14(8-15)10-24-9-13-4-2-1-3-5-13/h1-7,11-12,14-15H,8-10H2,(H2,19,20,21)/t14-,15+/m0/s1.